The highest BCUT2D eigenvalue weighted by molar-refractivity contribution is 6.30. The van der Waals surface area contributed by atoms with Crippen LogP contribution in [0.5, 0.6) is 5.75 Å². The molecule has 1 heterocycles. The highest BCUT2D eigenvalue weighted by Gasteiger charge is 2.22. The van der Waals surface area contributed by atoms with E-state index in [1.807, 2.05) is 49.4 Å². The van der Waals surface area contributed by atoms with E-state index in [4.69, 9.17) is 21.1 Å². The zero-order valence-corrected chi connectivity index (χ0v) is 12.6. The highest BCUT2D eigenvalue weighted by atomic mass is 35.5. The Hall–Kier alpha value is -1.77. The van der Waals surface area contributed by atoms with Crippen LogP contribution in [0.4, 0.5) is 0 Å². The quantitative estimate of drug-likeness (QED) is 0.799. The smallest absolute Gasteiger partial charge is 0.204 e. The summed E-state index contributed by atoms with van der Waals surface area (Å²) in [6.45, 7) is 2.03. The summed E-state index contributed by atoms with van der Waals surface area (Å²) in [5, 5.41) is 0.699. The molecule has 3 heteroatoms. The third kappa shape index (κ3) is 3.66. The van der Waals surface area contributed by atoms with Crippen molar-refractivity contribution in [1.29, 1.82) is 0 Å². The summed E-state index contributed by atoms with van der Waals surface area (Å²) < 4.78 is 11.8. The number of ether oxygens (including phenoxy) is 2. The van der Waals surface area contributed by atoms with E-state index in [1.165, 1.54) is 11.1 Å². The van der Waals surface area contributed by atoms with Gasteiger partial charge < -0.3 is 9.47 Å². The second-order valence-electron chi connectivity index (χ2n) is 5.10. The highest BCUT2D eigenvalue weighted by Crippen LogP contribution is 2.29. The molecular weight excluding hydrogens is 284 g/mol. The second-order valence-corrected chi connectivity index (χ2v) is 5.54. The van der Waals surface area contributed by atoms with Crippen LogP contribution in [0.15, 0.2) is 60.7 Å². The van der Waals surface area contributed by atoms with Crippen LogP contribution in [0.25, 0.3) is 5.57 Å². The van der Waals surface area contributed by atoms with Crippen molar-refractivity contribution in [3.8, 4) is 5.75 Å². The lowest BCUT2D eigenvalue weighted by Gasteiger charge is -2.28. The molecule has 0 N–H and O–H groups in total. The second kappa shape index (κ2) is 6.33. The molecule has 0 aromatic heterocycles. The maximum atomic E-state index is 5.91. The first-order valence-electron chi connectivity index (χ1n) is 7.04. The summed E-state index contributed by atoms with van der Waals surface area (Å²) in [6.07, 6.45) is 2.64. The van der Waals surface area contributed by atoms with Gasteiger partial charge in [-0.05, 0) is 42.3 Å². The molecule has 0 fully saturated rings. The molecule has 0 spiro atoms. The van der Waals surface area contributed by atoms with Crippen molar-refractivity contribution < 1.29 is 9.47 Å². The summed E-state index contributed by atoms with van der Waals surface area (Å²) >= 11 is 5.88. The molecule has 2 unspecified atom stereocenters. The van der Waals surface area contributed by atoms with Crippen LogP contribution in [-0.2, 0) is 4.74 Å². The van der Waals surface area contributed by atoms with Crippen molar-refractivity contribution in [3.63, 3.8) is 0 Å². The maximum Gasteiger partial charge on any atom is 0.204 e. The Labute approximate surface area is 130 Å². The molecule has 2 aromatic carbocycles. The predicted molar refractivity (Wildman–Crippen MR) is 85.5 cm³/mol. The molecule has 21 heavy (non-hydrogen) atoms. The molecule has 2 nitrogen and oxygen atoms in total. The fourth-order valence-electron chi connectivity index (χ4n) is 2.46. The Kier molecular flexibility index (Phi) is 4.28. The minimum atomic E-state index is -0.276. The Morgan fingerprint density at radius 3 is 2.48 bits per heavy atom. The van der Waals surface area contributed by atoms with Gasteiger partial charge in [0.25, 0.3) is 0 Å². The largest absolute Gasteiger partial charge is 0.465 e. The van der Waals surface area contributed by atoms with E-state index in [-0.39, 0.29) is 12.4 Å². The van der Waals surface area contributed by atoms with Gasteiger partial charge in [-0.15, -0.1) is 0 Å². The van der Waals surface area contributed by atoms with Crippen molar-refractivity contribution >= 4 is 17.2 Å². The summed E-state index contributed by atoms with van der Waals surface area (Å²) in [7, 11) is 0. The summed E-state index contributed by atoms with van der Waals surface area (Å²) in [5.41, 5.74) is 2.48. The zero-order chi connectivity index (χ0) is 14.7. The fraction of sp³-hybridized carbons (Fsp3) is 0.222. The molecule has 1 aliphatic heterocycles. The average Bonchev–Trinajstić information content (AvgIpc) is 2.50. The van der Waals surface area contributed by atoms with E-state index in [9.17, 15) is 0 Å². The molecule has 0 aliphatic carbocycles. The van der Waals surface area contributed by atoms with E-state index in [2.05, 4.69) is 18.2 Å². The van der Waals surface area contributed by atoms with Gasteiger partial charge >= 0.3 is 0 Å². The number of hydrogen-bond acceptors (Lipinski definition) is 2. The van der Waals surface area contributed by atoms with Gasteiger partial charge in [0.2, 0.25) is 6.29 Å². The average molecular weight is 301 g/mol. The minimum absolute atomic E-state index is 0.0336. The lowest BCUT2D eigenvalue weighted by molar-refractivity contribution is -0.100. The predicted octanol–water partition coefficient (Wildman–Crippen LogP) is 4.94. The van der Waals surface area contributed by atoms with E-state index >= 15 is 0 Å². The molecule has 2 atom stereocenters. The number of hydrogen-bond donors (Lipinski definition) is 0. The first-order chi connectivity index (χ1) is 10.2. The van der Waals surface area contributed by atoms with Gasteiger partial charge in [-0.25, -0.2) is 0 Å². The van der Waals surface area contributed by atoms with Crippen molar-refractivity contribution in [2.24, 2.45) is 0 Å². The van der Waals surface area contributed by atoms with Gasteiger partial charge in [-0.2, -0.15) is 0 Å². The Bertz CT molecular complexity index is 619. The van der Waals surface area contributed by atoms with Crippen molar-refractivity contribution in [2.45, 2.75) is 25.7 Å². The molecule has 0 radical (unpaired) electrons. The SMILES string of the molecule is CC1C=C(c2ccccc2)CC(Oc2ccc(Cl)cc2)O1. The van der Waals surface area contributed by atoms with E-state index in [1.54, 1.807) is 0 Å². The van der Waals surface area contributed by atoms with Crippen LogP contribution in [0.1, 0.15) is 18.9 Å². The number of halogens is 1. The van der Waals surface area contributed by atoms with Gasteiger partial charge in [0.05, 0.1) is 6.10 Å². The molecule has 1 aliphatic rings. The van der Waals surface area contributed by atoms with Crippen LogP contribution in [-0.4, -0.2) is 12.4 Å². The molecular formula is C18H17ClO2. The normalized spacial score (nSPS) is 21.7. The van der Waals surface area contributed by atoms with E-state index in [0.29, 0.717) is 5.02 Å². The Morgan fingerprint density at radius 1 is 1.05 bits per heavy atom. The zero-order valence-electron chi connectivity index (χ0n) is 11.8. The maximum absolute atomic E-state index is 5.91. The van der Waals surface area contributed by atoms with E-state index < -0.39 is 0 Å². The summed E-state index contributed by atoms with van der Waals surface area (Å²) in [4.78, 5) is 0. The van der Waals surface area contributed by atoms with E-state index in [0.717, 1.165) is 12.2 Å². The lowest BCUT2D eigenvalue weighted by Crippen LogP contribution is -2.28. The van der Waals surface area contributed by atoms with Crippen LogP contribution in [0.2, 0.25) is 5.02 Å². The Balaban J connectivity index is 1.74. The molecule has 108 valence electrons. The third-order valence-electron chi connectivity index (χ3n) is 3.41. The molecule has 2 aromatic rings. The first-order valence-corrected chi connectivity index (χ1v) is 7.42. The van der Waals surface area contributed by atoms with Gasteiger partial charge in [-0.1, -0.05) is 48.0 Å². The first kappa shape index (κ1) is 14.2. The minimum Gasteiger partial charge on any atom is -0.465 e. The van der Waals surface area contributed by atoms with Gasteiger partial charge in [0.15, 0.2) is 0 Å². The number of benzene rings is 2. The van der Waals surface area contributed by atoms with Crippen LogP contribution in [0, 0.1) is 0 Å². The molecule has 0 amide bonds. The lowest BCUT2D eigenvalue weighted by atomic mass is 9.99. The molecule has 0 saturated carbocycles. The van der Waals surface area contributed by atoms with Crippen LogP contribution >= 0.6 is 11.6 Å². The third-order valence-corrected chi connectivity index (χ3v) is 3.67. The van der Waals surface area contributed by atoms with Gasteiger partial charge in [0.1, 0.15) is 5.75 Å². The van der Waals surface area contributed by atoms with Gasteiger partial charge in [-0.3, -0.25) is 0 Å². The van der Waals surface area contributed by atoms with Gasteiger partial charge in [0, 0.05) is 11.4 Å². The molecule has 3 rings (SSSR count). The fourth-order valence-corrected chi connectivity index (χ4v) is 2.58. The summed E-state index contributed by atoms with van der Waals surface area (Å²) in [6, 6.07) is 17.7. The van der Waals surface area contributed by atoms with Crippen molar-refractivity contribution in [1.82, 2.24) is 0 Å². The monoisotopic (exact) mass is 300 g/mol. The van der Waals surface area contributed by atoms with Crippen molar-refractivity contribution in [2.75, 3.05) is 0 Å². The van der Waals surface area contributed by atoms with Crippen LogP contribution < -0.4 is 4.74 Å². The molecule has 0 saturated heterocycles. The van der Waals surface area contributed by atoms with Crippen molar-refractivity contribution in [3.05, 3.63) is 71.3 Å². The van der Waals surface area contributed by atoms with Crippen LogP contribution in [0.3, 0.4) is 0 Å². The Morgan fingerprint density at radius 2 is 1.76 bits per heavy atom. The molecule has 0 bridgehead atoms. The standard InChI is InChI=1S/C18H17ClO2/c1-13-11-15(14-5-3-2-4-6-14)12-18(20-13)21-17-9-7-16(19)8-10-17/h2-11,13,18H,12H2,1H3. The summed E-state index contributed by atoms with van der Waals surface area (Å²) in [5.74, 6) is 0.769. The topological polar surface area (TPSA) is 18.5 Å². The number of rotatable bonds is 3.